The van der Waals surface area contributed by atoms with Gasteiger partial charge in [-0.2, -0.15) is 10.4 Å². The molecule has 1 aromatic heterocycles. The Kier molecular flexibility index (Phi) is 7.10. The second-order valence-electron chi connectivity index (χ2n) is 12.7. The van der Waals surface area contributed by atoms with E-state index in [1.165, 1.54) is 18.5 Å². The van der Waals surface area contributed by atoms with Gasteiger partial charge in [-0.3, -0.25) is 4.79 Å². The van der Waals surface area contributed by atoms with Gasteiger partial charge in [0.25, 0.3) is 0 Å². The highest BCUT2D eigenvalue weighted by molar-refractivity contribution is 6.74. The van der Waals surface area contributed by atoms with Crippen LogP contribution in [0.15, 0.2) is 35.7 Å². The Balaban J connectivity index is 1.24. The molecule has 2 heterocycles. The van der Waals surface area contributed by atoms with Crippen LogP contribution in [0.25, 0.3) is 0 Å². The molecule has 0 N–H and O–H groups in total. The van der Waals surface area contributed by atoms with Gasteiger partial charge >= 0.3 is 0 Å². The van der Waals surface area contributed by atoms with Crippen LogP contribution in [-0.2, 0) is 15.8 Å². The molecule has 1 aromatic carbocycles. The van der Waals surface area contributed by atoms with Gasteiger partial charge in [0.1, 0.15) is 11.9 Å². The van der Waals surface area contributed by atoms with Gasteiger partial charge in [-0.15, -0.1) is 0 Å². The molecule has 0 saturated heterocycles. The number of aromatic nitrogens is 2. The molecule has 2 aromatic rings. The quantitative estimate of drug-likeness (QED) is 0.388. The van der Waals surface area contributed by atoms with Crippen LogP contribution < -0.4 is 4.74 Å². The summed E-state index contributed by atoms with van der Waals surface area (Å²) in [5, 5.41) is 15.0. The number of hydrazone groups is 1. The van der Waals surface area contributed by atoms with Gasteiger partial charge in [0.05, 0.1) is 37.1 Å². The molecule has 0 radical (unpaired) electrons. The first-order chi connectivity index (χ1) is 18.4. The van der Waals surface area contributed by atoms with Crippen molar-refractivity contribution in [3.63, 3.8) is 0 Å². The SMILES string of the molecule is CC(C)(C)[Si](C)(C)OCc1cc(C2CC=NN2C(=O)C23CC(C2)[C@H](COc2cnc(C#N)cn2)C3)ccc1F. The average Bonchev–Trinajstić information content (AvgIpc) is 3.60. The van der Waals surface area contributed by atoms with Crippen LogP contribution >= 0.6 is 0 Å². The largest absolute Gasteiger partial charge is 0.476 e. The molecular weight excluding hydrogens is 513 g/mol. The number of nitriles is 1. The Bertz CT molecular complexity index is 1310. The Hall–Kier alpha value is -3.16. The molecule has 2 bridgehead atoms. The number of carbonyl (C=O) groups excluding carboxylic acids is 1. The van der Waals surface area contributed by atoms with Gasteiger partial charge in [-0.05, 0) is 66.9 Å². The van der Waals surface area contributed by atoms with Crippen molar-refractivity contribution < 1.29 is 18.3 Å². The Morgan fingerprint density at radius 2 is 2.00 bits per heavy atom. The lowest BCUT2D eigenvalue weighted by atomic mass is 9.68. The van der Waals surface area contributed by atoms with Crippen molar-refractivity contribution in [3.8, 4) is 11.9 Å². The van der Waals surface area contributed by atoms with Gasteiger partial charge in [0.2, 0.25) is 11.8 Å². The maximum Gasteiger partial charge on any atom is 0.249 e. The molecule has 3 aliphatic carbocycles. The number of nitrogens with zero attached hydrogens (tertiary/aromatic N) is 5. The number of benzene rings is 1. The number of carbonyl (C=O) groups is 1. The summed E-state index contributed by atoms with van der Waals surface area (Å²) < 4.78 is 26.9. The third-order valence-corrected chi connectivity index (χ3v) is 13.6. The molecule has 2 atom stereocenters. The summed E-state index contributed by atoms with van der Waals surface area (Å²) in [6, 6.07) is 6.77. The van der Waals surface area contributed by atoms with Gasteiger partial charge in [0, 0.05) is 18.2 Å². The summed E-state index contributed by atoms with van der Waals surface area (Å²) in [7, 11) is -2.04. The van der Waals surface area contributed by atoms with E-state index in [9.17, 15) is 9.18 Å². The zero-order chi connectivity index (χ0) is 28.0. The normalized spacial score (nSPS) is 25.9. The summed E-state index contributed by atoms with van der Waals surface area (Å²) in [6.07, 6.45) is 7.62. The van der Waals surface area contributed by atoms with E-state index < -0.39 is 13.7 Å². The van der Waals surface area contributed by atoms with Crippen LogP contribution in [0.3, 0.4) is 0 Å². The van der Waals surface area contributed by atoms with Crippen LogP contribution in [0.4, 0.5) is 4.39 Å². The number of amides is 1. The highest BCUT2D eigenvalue weighted by atomic mass is 28.4. The van der Waals surface area contributed by atoms with Crippen molar-refractivity contribution in [1.29, 1.82) is 5.26 Å². The molecule has 39 heavy (non-hydrogen) atoms. The predicted octanol–water partition coefficient (Wildman–Crippen LogP) is 5.76. The predicted molar refractivity (Wildman–Crippen MR) is 147 cm³/mol. The zero-order valence-electron chi connectivity index (χ0n) is 23.3. The average molecular weight is 550 g/mol. The monoisotopic (exact) mass is 549 g/mol. The van der Waals surface area contributed by atoms with Gasteiger partial charge in [-0.25, -0.2) is 19.4 Å². The van der Waals surface area contributed by atoms with Crippen LogP contribution in [-0.4, -0.2) is 42.0 Å². The molecule has 4 aliphatic rings. The van der Waals surface area contributed by atoms with E-state index in [0.29, 0.717) is 30.4 Å². The van der Waals surface area contributed by atoms with E-state index in [4.69, 9.17) is 14.4 Å². The number of hydrogen-bond donors (Lipinski definition) is 0. The fourth-order valence-electron chi connectivity index (χ4n) is 5.73. The molecule has 3 fully saturated rings. The van der Waals surface area contributed by atoms with E-state index in [1.54, 1.807) is 17.3 Å². The lowest BCUT2D eigenvalue weighted by molar-refractivity contribution is -0.148. The first kappa shape index (κ1) is 27.4. The summed E-state index contributed by atoms with van der Waals surface area (Å²) in [4.78, 5) is 21.9. The summed E-state index contributed by atoms with van der Waals surface area (Å²) >= 11 is 0. The molecule has 1 amide bonds. The fourth-order valence-corrected chi connectivity index (χ4v) is 6.68. The number of ether oxygens (including phenoxy) is 1. The van der Waals surface area contributed by atoms with Crippen molar-refractivity contribution in [2.45, 2.75) is 77.2 Å². The van der Waals surface area contributed by atoms with Crippen molar-refractivity contribution in [1.82, 2.24) is 15.0 Å². The lowest BCUT2D eigenvalue weighted by Crippen LogP contribution is -2.45. The topological polar surface area (TPSA) is 101 Å². The third kappa shape index (κ3) is 5.22. The Morgan fingerprint density at radius 1 is 1.23 bits per heavy atom. The molecule has 10 heteroatoms. The molecule has 206 valence electrons. The Labute approximate surface area is 230 Å². The van der Waals surface area contributed by atoms with E-state index >= 15 is 0 Å². The summed E-state index contributed by atoms with van der Waals surface area (Å²) in [5.41, 5.74) is 1.21. The van der Waals surface area contributed by atoms with Crippen LogP contribution in [0, 0.1) is 34.4 Å². The molecule has 0 spiro atoms. The van der Waals surface area contributed by atoms with Gasteiger partial charge < -0.3 is 9.16 Å². The maximum absolute atomic E-state index is 14.8. The standard InChI is InChI=1S/C29H36FN5O3Si/c1-28(2,3)39(4,5)38-18-20-10-19(6-7-24(20)30)25-8-9-34-35(25)27(36)29-11-21(12-29)22(13-29)17-37-26-16-32-23(14-31)15-33-26/h6-7,9-10,15-16,21-22,25H,8,11-13,17-18H2,1-5H3/t21?,22-,25?,29?/m0/s1. The molecule has 6 rings (SSSR count). The second-order valence-corrected chi connectivity index (χ2v) is 17.5. The Morgan fingerprint density at radius 3 is 2.67 bits per heavy atom. The second kappa shape index (κ2) is 10.1. The molecule has 8 nitrogen and oxygen atoms in total. The molecule has 1 unspecified atom stereocenters. The lowest BCUT2D eigenvalue weighted by Gasteiger charge is -2.40. The van der Waals surface area contributed by atoms with Crippen LogP contribution in [0.1, 0.15) is 69.3 Å². The minimum Gasteiger partial charge on any atom is -0.476 e. The van der Waals surface area contributed by atoms with Crippen molar-refractivity contribution in [3.05, 3.63) is 53.2 Å². The van der Waals surface area contributed by atoms with E-state index in [-0.39, 0.29) is 41.0 Å². The molecule has 1 aliphatic heterocycles. The maximum atomic E-state index is 14.8. The molecular formula is C29H36FN5O3Si. The number of halogens is 1. The summed E-state index contributed by atoms with van der Waals surface area (Å²) in [5.74, 6) is 0.811. The first-order valence-electron chi connectivity index (χ1n) is 13.6. The van der Waals surface area contributed by atoms with E-state index in [1.807, 2.05) is 12.1 Å². The first-order valence-corrected chi connectivity index (χ1v) is 16.5. The van der Waals surface area contributed by atoms with E-state index in [2.05, 4.69) is 48.9 Å². The summed E-state index contributed by atoms with van der Waals surface area (Å²) in [6.45, 7) is 11.5. The fraction of sp³-hybridized carbons (Fsp3) is 0.552. The highest BCUT2D eigenvalue weighted by Gasteiger charge is 2.62. The smallest absolute Gasteiger partial charge is 0.249 e. The van der Waals surface area contributed by atoms with E-state index in [0.717, 1.165) is 24.8 Å². The number of hydrogen-bond acceptors (Lipinski definition) is 7. The van der Waals surface area contributed by atoms with Crippen molar-refractivity contribution >= 4 is 20.4 Å². The van der Waals surface area contributed by atoms with Crippen LogP contribution in [0.5, 0.6) is 5.88 Å². The van der Waals surface area contributed by atoms with Gasteiger partial charge in [0.15, 0.2) is 14.0 Å². The van der Waals surface area contributed by atoms with Gasteiger partial charge in [-0.1, -0.05) is 26.8 Å². The van der Waals surface area contributed by atoms with Crippen molar-refractivity contribution in [2.24, 2.45) is 22.4 Å². The minimum absolute atomic E-state index is 0.0309. The van der Waals surface area contributed by atoms with Crippen LogP contribution in [0.2, 0.25) is 18.1 Å². The number of fused-ring (bicyclic) bond motifs is 1. The zero-order valence-corrected chi connectivity index (χ0v) is 24.3. The minimum atomic E-state index is -2.04. The molecule has 3 saturated carbocycles. The third-order valence-electron chi connectivity index (χ3n) is 9.15. The number of rotatable bonds is 8. The highest BCUT2D eigenvalue weighted by Crippen LogP contribution is 2.63. The van der Waals surface area contributed by atoms with Crippen molar-refractivity contribution in [2.75, 3.05) is 6.61 Å².